The molecule has 9 heteroatoms. The highest BCUT2D eigenvalue weighted by atomic mass is 35.5. The third-order valence-corrected chi connectivity index (χ3v) is 6.47. The van der Waals surface area contributed by atoms with Crippen LogP contribution in [0.15, 0.2) is 66.0 Å². The number of ether oxygens (including phenoxy) is 1. The van der Waals surface area contributed by atoms with Crippen molar-refractivity contribution in [1.29, 1.82) is 0 Å². The number of hydrogen-bond donors (Lipinski definition) is 1. The van der Waals surface area contributed by atoms with Gasteiger partial charge in [-0.25, -0.2) is 4.79 Å². The minimum absolute atomic E-state index is 0.0705. The van der Waals surface area contributed by atoms with Crippen LogP contribution in [-0.4, -0.2) is 48.5 Å². The molecule has 0 unspecified atom stereocenters. The van der Waals surface area contributed by atoms with Crippen LogP contribution in [0.25, 0.3) is 0 Å². The molecular formula is C25H27Cl2N3O3S. The van der Waals surface area contributed by atoms with Gasteiger partial charge in [-0.3, -0.25) is 4.79 Å². The Bertz CT molecular complexity index is 1060. The Morgan fingerprint density at radius 3 is 2.47 bits per heavy atom. The first-order valence-corrected chi connectivity index (χ1v) is 12.4. The zero-order chi connectivity index (χ0) is 24.3. The molecule has 0 aliphatic rings. The summed E-state index contributed by atoms with van der Waals surface area (Å²) < 4.78 is 5.14. The van der Waals surface area contributed by atoms with Gasteiger partial charge < -0.3 is 19.9 Å². The van der Waals surface area contributed by atoms with Crippen LogP contribution in [0.3, 0.4) is 0 Å². The molecular weight excluding hydrogens is 493 g/mol. The molecule has 0 spiro atoms. The lowest BCUT2D eigenvalue weighted by molar-refractivity contribution is -0.133. The normalized spacial score (nSPS) is 10.7. The van der Waals surface area contributed by atoms with Crippen LogP contribution in [0.4, 0.5) is 10.5 Å². The fourth-order valence-corrected chi connectivity index (χ4v) is 4.50. The summed E-state index contributed by atoms with van der Waals surface area (Å²) in [6.45, 7) is 1.69. The number of carbonyl (C=O) groups excluding carboxylic acids is 2. The number of methoxy groups -OCH3 is 1. The van der Waals surface area contributed by atoms with Crippen LogP contribution in [0.2, 0.25) is 10.0 Å². The third-order valence-electron chi connectivity index (χ3n) is 5.06. The van der Waals surface area contributed by atoms with E-state index in [9.17, 15) is 9.59 Å². The predicted octanol–water partition coefficient (Wildman–Crippen LogP) is 6.15. The van der Waals surface area contributed by atoms with Crippen molar-refractivity contribution in [2.75, 3.05) is 32.1 Å². The van der Waals surface area contributed by atoms with Crippen molar-refractivity contribution >= 4 is 52.2 Å². The molecule has 2 aromatic carbocycles. The quantitative estimate of drug-likeness (QED) is 0.309. The second kappa shape index (κ2) is 13.3. The van der Waals surface area contributed by atoms with Crippen LogP contribution in [0.1, 0.15) is 16.9 Å². The van der Waals surface area contributed by atoms with E-state index in [0.29, 0.717) is 48.4 Å². The summed E-state index contributed by atoms with van der Waals surface area (Å²) >= 11 is 13.8. The number of nitrogens with zero attached hydrogens (tertiary/aromatic N) is 2. The number of thiophene rings is 1. The Kier molecular flexibility index (Phi) is 10.2. The number of hydrogen-bond acceptors (Lipinski definition) is 4. The monoisotopic (exact) mass is 519 g/mol. The SMILES string of the molecule is COCCCN(CC(=O)N(Cc1ccccc1)Cc1cccs1)C(=O)Nc1ccc(Cl)cc1Cl. The van der Waals surface area contributed by atoms with E-state index in [4.69, 9.17) is 27.9 Å². The number of urea groups is 1. The molecule has 6 nitrogen and oxygen atoms in total. The van der Waals surface area contributed by atoms with Gasteiger partial charge in [-0.1, -0.05) is 59.6 Å². The Labute approximate surface area is 214 Å². The number of anilines is 1. The van der Waals surface area contributed by atoms with Gasteiger partial charge in [-0.15, -0.1) is 11.3 Å². The van der Waals surface area contributed by atoms with Gasteiger partial charge in [-0.05, 0) is 41.6 Å². The Balaban J connectivity index is 1.75. The molecule has 0 saturated heterocycles. The number of halogens is 2. The van der Waals surface area contributed by atoms with Gasteiger partial charge in [-0.2, -0.15) is 0 Å². The number of amides is 3. The van der Waals surface area contributed by atoms with E-state index in [1.54, 1.807) is 41.5 Å². The van der Waals surface area contributed by atoms with Crippen LogP contribution in [0.5, 0.6) is 0 Å². The smallest absolute Gasteiger partial charge is 0.322 e. The van der Waals surface area contributed by atoms with Gasteiger partial charge in [0.2, 0.25) is 5.91 Å². The van der Waals surface area contributed by atoms with Crippen molar-refractivity contribution in [3.63, 3.8) is 0 Å². The van der Waals surface area contributed by atoms with E-state index in [-0.39, 0.29) is 12.5 Å². The summed E-state index contributed by atoms with van der Waals surface area (Å²) in [5, 5.41) is 5.58. The van der Waals surface area contributed by atoms with Crippen LogP contribution >= 0.6 is 34.5 Å². The van der Waals surface area contributed by atoms with Crippen molar-refractivity contribution in [2.24, 2.45) is 0 Å². The number of rotatable bonds is 11. The third kappa shape index (κ3) is 8.02. The summed E-state index contributed by atoms with van der Waals surface area (Å²) in [5.74, 6) is -0.146. The molecule has 0 radical (unpaired) electrons. The lowest BCUT2D eigenvalue weighted by Gasteiger charge is -2.28. The largest absolute Gasteiger partial charge is 0.385 e. The second-order valence-electron chi connectivity index (χ2n) is 7.64. The Morgan fingerprint density at radius 1 is 1.00 bits per heavy atom. The van der Waals surface area contributed by atoms with Crippen LogP contribution in [0, 0.1) is 0 Å². The molecule has 0 bridgehead atoms. The molecule has 3 aromatic rings. The van der Waals surface area contributed by atoms with Gasteiger partial charge in [0.25, 0.3) is 0 Å². The average Bonchev–Trinajstić information content (AvgIpc) is 3.33. The Hall–Kier alpha value is -2.58. The van der Waals surface area contributed by atoms with Gasteiger partial charge in [0.1, 0.15) is 6.54 Å². The highest BCUT2D eigenvalue weighted by Gasteiger charge is 2.22. The lowest BCUT2D eigenvalue weighted by atomic mass is 10.2. The highest BCUT2D eigenvalue weighted by molar-refractivity contribution is 7.09. The molecule has 3 amide bonds. The zero-order valence-corrected chi connectivity index (χ0v) is 21.2. The van der Waals surface area contributed by atoms with Crippen molar-refractivity contribution < 1.29 is 14.3 Å². The summed E-state index contributed by atoms with van der Waals surface area (Å²) in [6.07, 6.45) is 0.592. The fraction of sp³-hybridized carbons (Fsp3) is 0.280. The maximum Gasteiger partial charge on any atom is 0.322 e. The molecule has 180 valence electrons. The molecule has 0 fully saturated rings. The first-order valence-electron chi connectivity index (χ1n) is 10.8. The number of carbonyl (C=O) groups is 2. The molecule has 1 N–H and O–H groups in total. The first-order chi connectivity index (χ1) is 16.5. The van der Waals surface area contributed by atoms with Crippen molar-refractivity contribution in [1.82, 2.24) is 9.80 Å². The van der Waals surface area contributed by atoms with Crippen LogP contribution < -0.4 is 5.32 Å². The topological polar surface area (TPSA) is 61.9 Å². The molecule has 0 atom stereocenters. The van der Waals surface area contributed by atoms with E-state index < -0.39 is 6.03 Å². The fourth-order valence-electron chi connectivity index (χ4n) is 3.33. The predicted molar refractivity (Wildman–Crippen MR) is 139 cm³/mol. The highest BCUT2D eigenvalue weighted by Crippen LogP contribution is 2.25. The molecule has 1 aromatic heterocycles. The molecule has 0 aliphatic carbocycles. The van der Waals surface area contributed by atoms with Gasteiger partial charge in [0, 0.05) is 36.7 Å². The number of nitrogens with one attached hydrogen (secondary N) is 1. The molecule has 1 heterocycles. The molecule has 34 heavy (non-hydrogen) atoms. The standard InChI is InChI=1S/C25H27Cl2N3O3S/c1-33-13-6-12-29(25(32)28-23-11-10-20(26)15-22(23)27)18-24(31)30(17-21-9-5-14-34-21)16-19-7-3-2-4-8-19/h2-5,7-11,14-15H,6,12-13,16-18H2,1H3,(H,28,32). The van der Waals surface area contributed by atoms with Gasteiger partial charge in [0.15, 0.2) is 0 Å². The van der Waals surface area contributed by atoms with Crippen molar-refractivity contribution in [3.05, 3.63) is 86.5 Å². The summed E-state index contributed by atoms with van der Waals surface area (Å²) in [5.41, 5.74) is 1.45. The van der Waals surface area contributed by atoms with E-state index in [2.05, 4.69) is 5.32 Å². The Morgan fingerprint density at radius 2 is 1.79 bits per heavy atom. The van der Waals surface area contributed by atoms with E-state index in [0.717, 1.165) is 10.4 Å². The molecule has 0 saturated carbocycles. The van der Waals surface area contributed by atoms with Gasteiger partial charge >= 0.3 is 6.03 Å². The van der Waals surface area contributed by atoms with E-state index in [1.807, 2.05) is 47.8 Å². The maximum absolute atomic E-state index is 13.4. The summed E-state index contributed by atoms with van der Waals surface area (Å²) in [4.78, 5) is 30.8. The first kappa shape index (κ1) is 26.0. The lowest BCUT2D eigenvalue weighted by Crippen LogP contribution is -2.44. The second-order valence-corrected chi connectivity index (χ2v) is 9.51. The van der Waals surface area contributed by atoms with Crippen molar-refractivity contribution in [3.8, 4) is 0 Å². The minimum Gasteiger partial charge on any atom is -0.385 e. The van der Waals surface area contributed by atoms with Crippen LogP contribution in [-0.2, 0) is 22.6 Å². The maximum atomic E-state index is 13.4. The minimum atomic E-state index is -0.413. The van der Waals surface area contributed by atoms with Crippen molar-refractivity contribution in [2.45, 2.75) is 19.5 Å². The van der Waals surface area contributed by atoms with E-state index in [1.165, 1.54) is 4.90 Å². The molecule has 0 aliphatic heterocycles. The zero-order valence-electron chi connectivity index (χ0n) is 18.9. The summed E-state index contributed by atoms with van der Waals surface area (Å²) in [7, 11) is 1.60. The van der Waals surface area contributed by atoms with E-state index >= 15 is 0 Å². The molecule has 3 rings (SSSR count). The summed E-state index contributed by atoms with van der Waals surface area (Å²) in [6, 6.07) is 18.2. The van der Waals surface area contributed by atoms with Gasteiger partial charge in [0.05, 0.1) is 17.3 Å². The average molecular weight is 520 g/mol. The number of benzene rings is 2.